The lowest BCUT2D eigenvalue weighted by Gasteiger charge is -2.14. The van der Waals surface area contributed by atoms with E-state index in [2.05, 4.69) is 31.4 Å². The Kier molecular flexibility index (Phi) is 6.07. The van der Waals surface area contributed by atoms with Gasteiger partial charge in [-0.2, -0.15) is 10.4 Å². The lowest BCUT2D eigenvalue weighted by Crippen LogP contribution is -2.27. The Bertz CT molecular complexity index is 1040. The van der Waals surface area contributed by atoms with Crippen LogP contribution in [0, 0.1) is 18.3 Å². The van der Waals surface area contributed by atoms with Gasteiger partial charge < -0.3 is 5.32 Å². The van der Waals surface area contributed by atoms with E-state index in [1.165, 1.54) is 0 Å². The highest BCUT2D eigenvalue weighted by molar-refractivity contribution is 9.10. The standard InChI is InChI=1S/C22H19BrN4O/c1-14-3-5-16(6-4-14)15(2)26-22(28)18(12-24)11-19-13-25-27-21(19)17-7-9-20(23)10-8-17/h3-11,13,15H,1-2H3,(H,25,27)(H,26,28)/b18-11-. The maximum absolute atomic E-state index is 12.6. The summed E-state index contributed by atoms with van der Waals surface area (Å²) in [4.78, 5) is 12.6. The number of aryl methyl sites for hydroxylation is 1. The van der Waals surface area contributed by atoms with E-state index in [1.807, 2.05) is 68.4 Å². The zero-order valence-electron chi connectivity index (χ0n) is 15.5. The molecule has 1 amide bonds. The number of H-pyrrole nitrogens is 1. The van der Waals surface area contributed by atoms with Crippen molar-refractivity contribution in [1.29, 1.82) is 5.26 Å². The maximum atomic E-state index is 12.6. The van der Waals surface area contributed by atoms with Crippen LogP contribution in [-0.2, 0) is 4.79 Å². The number of hydrogen-bond acceptors (Lipinski definition) is 3. The molecular weight excluding hydrogens is 416 g/mol. The molecule has 28 heavy (non-hydrogen) atoms. The largest absolute Gasteiger partial charge is 0.345 e. The van der Waals surface area contributed by atoms with Crippen LogP contribution >= 0.6 is 15.9 Å². The first-order valence-corrected chi connectivity index (χ1v) is 9.55. The smallest absolute Gasteiger partial charge is 0.262 e. The second-order valence-corrected chi connectivity index (χ2v) is 7.40. The van der Waals surface area contributed by atoms with Gasteiger partial charge in [0.1, 0.15) is 11.6 Å². The molecule has 0 saturated heterocycles. The summed E-state index contributed by atoms with van der Waals surface area (Å²) in [6, 6.07) is 17.4. The van der Waals surface area contributed by atoms with Gasteiger partial charge in [-0.05, 0) is 37.6 Å². The summed E-state index contributed by atoms with van der Waals surface area (Å²) in [6.07, 6.45) is 3.16. The molecule has 0 radical (unpaired) electrons. The van der Waals surface area contributed by atoms with Crippen molar-refractivity contribution >= 4 is 27.9 Å². The van der Waals surface area contributed by atoms with Gasteiger partial charge in [-0.15, -0.1) is 0 Å². The predicted molar refractivity (Wildman–Crippen MR) is 113 cm³/mol. The van der Waals surface area contributed by atoms with Gasteiger partial charge in [0.2, 0.25) is 0 Å². The Hall–Kier alpha value is -3.17. The number of amides is 1. The van der Waals surface area contributed by atoms with Gasteiger partial charge in [0.15, 0.2) is 0 Å². The minimum atomic E-state index is -0.418. The summed E-state index contributed by atoms with van der Waals surface area (Å²) in [5.41, 5.74) is 4.50. The van der Waals surface area contributed by atoms with Crippen LogP contribution in [0.1, 0.15) is 29.7 Å². The van der Waals surface area contributed by atoms with E-state index in [4.69, 9.17) is 0 Å². The van der Waals surface area contributed by atoms with Crippen molar-refractivity contribution in [3.8, 4) is 17.3 Å². The van der Waals surface area contributed by atoms with E-state index >= 15 is 0 Å². The maximum Gasteiger partial charge on any atom is 0.262 e. The van der Waals surface area contributed by atoms with Gasteiger partial charge in [0.25, 0.3) is 5.91 Å². The molecule has 0 aliphatic heterocycles. The highest BCUT2D eigenvalue weighted by Crippen LogP contribution is 2.25. The fourth-order valence-corrected chi connectivity index (χ4v) is 3.03. The number of halogens is 1. The van der Waals surface area contributed by atoms with E-state index in [0.29, 0.717) is 5.56 Å². The topological polar surface area (TPSA) is 81.6 Å². The zero-order chi connectivity index (χ0) is 20.1. The molecule has 140 valence electrons. The first kappa shape index (κ1) is 19.6. The van der Waals surface area contributed by atoms with Gasteiger partial charge >= 0.3 is 0 Å². The van der Waals surface area contributed by atoms with Crippen molar-refractivity contribution in [3.63, 3.8) is 0 Å². The summed E-state index contributed by atoms with van der Waals surface area (Å²) in [5, 5.41) is 19.4. The molecule has 0 fully saturated rings. The van der Waals surface area contributed by atoms with E-state index in [9.17, 15) is 10.1 Å². The number of nitrogens with zero attached hydrogens (tertiary/aromatic N) is 2. The molecule has 0 spiro atoms. The van der Waals surface area contributed by atoms with Crippen molar-refractivity contribution in [2.45, 2.75) is 19.9 Å². The first-order chi connectivity index (χ1) is 13.5. The second kappa shape index (κ2) is 8.68. The van der Waals surface area contributed by atoms with Crippen molar-refractivity contribution < 1.29 is 4.79 Å². The van der Waals surface area contributed by atoms with E-state index in [1.54, 1.807) is 12.3 Å². The van der Waals surface area contributed by atoms with Gasteiger partial charge in [-0.25, -0.2) is 0 Å². The lowest BCUT2D eigenvalue weighted by atomic mass is 10.0. The molecule has 2 aromatic carbocycles. The third-order valence-electron chi connectivity index (χ3n) is 4.39. The monoisotopic (exact) mass is 434 g/mol. The van der Waals surface area contributed by atoms with Crippen molar-refractivity contribution in [3.05, 3.63) is 81.5 Å². The molecule has 0 bridgehead atoms. The predicted octanol–water partition coefficient (Wildman–Crippen LogP) is 4.93. The average Bonchev–Trinajstić information content (AvgIpc) is 3.15. The van der Waals surface area contributed by atoms with Gasteiger partial charge in [0.05, 0.1) is 17.9 Å². The zero-order valence-corrected chi connectivity index (χ0v) is 17.1. The molecule has 0 aliphatic rings. The highest BCUT2D eigenvalue weighted by atomic mass is 79.9. The molecule has 6 heteroatoms. The minimum absolute atomic E-state index is 0.0266. The van der Waals surface area contributed by atoms with Gasteiger partial charge in [0, 0.05) is 15.6 Å². The Morgan fingerprint density at radius 2 is 1.89 bits per heavy atom. The lowest BCUT2D eigenvalue weighted by molar-refractivity contribution is -0.117. The molecule has 1 atom stereocenters. The molecule has 1 heterocycles. The fourth-order valence-electron chi connectivity index (χ4n) is 2.77. The van der Waals surface area contributed by atoms with Crippen molar-refractivity contribution in [2.75, 3.05) is 0 Å². The van der Waals surface area contributed by atoms with Crippen LogP contribution in [-0.4, -0.2) is 16.1 Å². The van der Waals surface area contributed by atoms with Crippen LogP contribution in [0.3, 0.4) is 0 Å². The number of nitrogens with one attached hydrogen (secondary N) is 2. The number of aromatic nitrogens is 2. The van der Waals surface area contributed by atoms with Crippen LogP contribution < -0.4 is 5.32 Å². The number of benzene rings is 2. The van der Waals surface area contributed by atoms with Crippen LogP contribution in [0.4, 0.5) is 0 Å². The summed E-state index contributed by atoms with van der Waals surface area (Å²) >= 11 is 3.41. The summed E-state index contributed by atoms with van der Waals surface area (Å²) < 4.78 is 0.968. The number of rotatable bonds is 5. The Labute approximate surface area is 172 Å². The molecule has 0 aliphatic carbocycles. The Morgan fingerprint density at radius 1 is 1.21 bits per heavy atom. The molecule has 1 unspecified atom stereocenters. The second-order valence-electron chi connectivity index (χ2n) is 6.48. The molecule has 5 nitrogen and oxygen atoms in total. The molecule has 2 N–H and O–H groups in total. The molecular formula is C22H19BrN4O. The SMILES string of the molecule is Cc1ccc(C(C)NC(=O)/C(C#N)=C\c2cn[nH]c2-c2ccc(Br)cc2)cc1. The molecule has 3 aromatic rings. The minimum Gasteiger partial charge on any atom is -0.345 e. The normalized spacial score (nSPS) is 12.3. The fraction of sp³-hybridized carbons (Fsp3) is 0.136. The number of hydrogen-bond donors (Lipinski definition) is 2. The summed E-state index contributed by atoms with van der Waals surface area (Å²) in [7, 11) is 0. The van der Waals surface area contributed by atoms with Gasteiger partial charge in [-0.1, -0.05) is 57.9 Å². The van der Waals surface area contributed by atoms with Gasteiger partial charge in [-0.3, -0.25) is 9.89 Å². The quantitative estimate of drug-likeness (QED) is 0.440. The van der Waals surface area contributed by atoms with Crippen LogP contribution in [0.25, 0.3) is 17.3 Å². The van der Waals surface area contributed by atoms with Crippen LogP contribution in [0.5, 0.6) is 0 Å². The number of aromatic amines is 1. The van der Waals surface area contributed by atoms with Crippen LogP contribution in [0.15, 0.2) is 64.8 Å². The van der Waals surface area contributed by atoms with E-state index < -0.39 is 5.91 Å². The third-order valence-corrected chi connectivity index (χ3v) is 4.92. The first-order valence-electron chi connectivity index (χ1n) is 8.76. The Balaban J connectivity index is 1.81. The average molecular weight is 435 g/mol. The number of carbonyl (C=O) groups is 1. The number of nitriles is 1. The molecule has 3 rings (SSSR count). The van der Waals surface area contributed by atoms with Crippen molar-refractivity contribution in [2.24, 2.45) is 0 Å². The summed E-state index contributed by atoms with van der Waals surface area (Å²) in [6.45, 7) is 3.90. The van der Waals surface area contributed by atoms with Crippen LogP contribution in [0.2, 0.25) is 0 Å². The Morgan fingerprint density at radius 3 is 2.54 bits per heavy atom. The summed E-state index contributed by atoms with van der Waals surface area (Å²) in [5.74, 6) is -0.418. The van der Waals surface area contributed by atoms with E-state index in [-0.39, 0.29) is 11.6 Å². The third kappa shape index (κ3) is 4.56. The number of carbonyl (C=O) groups excluding carboxylic acids is 1. The van der Waals surface area contributed by atoms with Crippen molar-refractivity contribution in [1.82, 2.24) is 15.5 Å². The molecule has 1 aromatic heterocycles. The van der Waals surface area contributed by atoms with E-state index in [0.717, 1.165) is 26.9 Å². The highest BCUT2D eigenvalue weighted by Gasteiger charge is 2.15. The molecule has 0 saturated carbocycles.